The monoisotopic (exact) mass is 416 g/mol. The standard InChI is InChI=1S/C25H20O2S2/c1-28-24-13-11-18(16-7-3-5-9-20(16)24)22(26)15-23(27)19-12-14-25(29-2)21-10-6-4-8-17(19)21/h3-14H,15H2,1-2H3. The lowest BCUT2D eigenvalue weighted by atomic mass is 9.94. The number of ketones is 2. The first-order chi connectivity index (χ1) is 14.1. The molecule has 0 spiro atoms. The Labute approximate surface area is 178 Å². The van der Waals surface area contributed by atoms with Crippen molar-refractivity contribution in [2.24, 2.45) is 0 Å². The van der Waals surface area contributed by atoms with Crippen molar-refractivity contribution in [3.8, 4) is 0 Å². The van der Waals surface area contributed by atoms with Crippen molar-refractivity contribution in [1.29, 1.82) is 0 Å². The van der Waals surface area contributed by atoms with Gasteiger partial charge >= 0.3 is 0 Å². The first kappa shape index (κ1) is 19.7. The van der Waals surface area contributed by atoms with E-state index in [1.54, 1.807) is 23.5 Å². The van der Waals surface area contributed by atoms with E-state index in [4.69, 9.17) is 0 Å². The van der Waals surface area contributed by atoms with Crippen LogP contribution >= 0.6 is 23.5 Å². The highest BCUT2D eigenvalue weighted by molar-refractivity contribution is 7.99. The van der Waals surface area contributed by atoms with E-state index in [-0.39, 0.29) is 18.0 Å². The number of benzene rings is 4. The van der Waals surface area contributed by atoms with Gasteiger partial charge in [0.1, 0.15) is 0 Å². The highest BCUT2D eigenvalue weighted by Gasteiger charge is 2.19. The molecule has 4 aromatic carbocycles. The maximum Gasteiger partial charge on any atom is 0.171 e. The van der Waals surface area contributed by atoms with Gasteiger partial charge in [0.25, 0.3) is 0 Å². The summed E-state index contributed by atoms with van der Waals surface area (Å²) in [4.78, 5) is 28.4. The van der Waals surface area contributed by atoms with Crippen molar-refractivity contribution in [2.75, 3.05) is 12.5 Å². The number of fused-ring (bicyclic) bond motifs is 2. The summed E-state index contributed by atoms with van der Waals surface area (Å²) >= 11 is 3.31. The second kappa shape index (κ2) is 8.44. The van der Waals surface area contributed by atoms with Gasteiger partial charge in [-0.15, -0.1) is 23.5 Å². The molecule has 144 valence electrons. The van der Waals surface area contributed by atoms with Gasteiger partial charge in [-0.3, -0.25) is 9.59 Å². The second-order valence-electron chi connectivity index (χ2n) is 6.75. The van der Waals surface area contributed by atoms with Crippen molar-refractivity contribution in [2.45, 2.75) is 16.2 Å². The van der Waals surface area contributed by atoms with Crippen molar-refractivity contribution in [1.82, 2.24) is 0 Å². The van der Waals surface area contributed by atoms with Gasteiger partial charge in [0, 0.05) is 20.9 Å². The van der Waals surface area contributed by atoms with Crippen molar-refractivity contribution in [3.05, 3.63) is 83.9 Å². The molecule has 0 bridgehead atoms. The van der Waals surface area contributed by atoms with Gasteiger partial charge in [0.2, 0.25) is 0 Å². The third-order valence-electron chi connectivity index (χ3n) is 5.13. The lowest BCUT2D eigenvalue weighted by molar-refractivity contribution is 0.0896. The summed E-state index contributed by atoms with van der Waals surface area (Å²) in [5.41, 5.74) is 1.22. The third-order valence-corrected chi connectivity index (χ3v) is 6.72. The van der Waals surface area contributed by atoms with E-state index in [9.17, 15) is 9.59 Å². The van der Waals surface area contributed by atoms with Crippen LogP contribution in [-0.2, 0) is 0 Å². The SMILES string of the molecule is CSc1ccc(C(=O)CC(=O)c2ccc(SC)c3ccccc23)c2ccccc12. The van der Waals surface area contributed by atoms with Gasteiger partial charge < -0.3 is 0 Å². The first-order valence-corrected chi connectivity index (χ1v) is 11.8. The largest absolute Gasteiger partial charge is 0.294 e. The molecule has 29 heavy (non-hydrogen) atoms. The van der Waals surface area contributed by atoms with Crippen LogP contribution < -0.4 is 0 Å². The van der Waals surface area contributed by atoms with Gasteiger partial charge in [0.15, 0.2) is 11.6 Å². The summed E-state index contributed by atoms with van der Waals surface area (Å²) in [6.45, 7) is 0. The molecule has 0 atom stereocenters. The number of Topliss-reactive ketones (excluding diaryl/α,β-unsaturated/α-hetero) is 2. The van der Waals surface area contributed by atoms with Gasteiger partial charge in [0.05, 0.1) is 6.42 Å². The Bertz CT molecular complexity index is 1150. The second-order valence-corrected chi connectivity index (χ2v) is 8.44. The van der Waals surface area contributed by atoms with Gasteiger partial charge in [-0.1, -0.05) is 48.5 Å². The molecule has 0 unspecified atom stereocenters. The fourth-order valence-electron chi connectivity index (χ4n) is 3.72. The number of carbonyl (C=O) groups excluding carboxylic acids is 2. The Kier molecular flexibility index (Phi) is 5.74. The summed E-state index contributed by atoms with van der Waals surface area (Å²) in [6.07, 6.45) is 3.91. The minimum atomic E-state index is -0.142. The molecule has 4 heteroatoms. The molecule has 4 rings (SSSR count). The van der Waals surface area contributed by atoms with Crippen LogP contribution in [-0.4, -0.2) is 24.1 Å². The third kappa shape index (κ3) is 3.70. The van der Waals surface area contributed by atoms with E-state index in [1.165, 1.54) is 0 Å². The van der Waals surface area contributed by atoms with Crippen LogP contribution in [0.25, 0.3) is 21.5 Å². The summed E-state index contributed by atoms with van der Waals surface area (Å²) in [7, 11) is 0. The van der Waals surface area contributed by atoms with Crippen molar-refractivity contribution in [3.63, 3.8) is 0 Å². The lowest BCUT2D eigenvalue weighted by Crippen LogP contribution is -2.10. The molecular formula is C25H20O2S2. The fourth-order valence-corrected chi connectivity index (χ4v) is 4.93. The predicted octanol–water partition coefficient (Wildman–Crippen LogP) is 6.89. The van der Waals surface area contributed by atoms with Gasteiger partial charge in [-0.2, -0.15) is 0 Å². The molecule has 0 N–H and O–H groups in total. The first-order valence-electron chi connectivity index (χ1n) is 9.32. The molecule has 0 saturated heterocycles. The van der Waals surface area contributed by atoms with E-state index < -0.39 is 0 Å². The molecule has 0 aliphatic heterocycles. The minimum absolute atomic E-state index is 0.134. The van der Waals surface area contributed by atoms with Crippen LogP contribution in [0.2, 0.25) is 0 Å². The van der Waals surface area contributed by atoms with Crippen LogP contribution in [0.5, 0.6) is 0 Å². The number of hydrogen-bond acceptors (Lipinski definition) is 4. The molecule has 0 saturated carbocycles. The Hall–Kier alpha value is -2.56. The molecular weight excluding hydrogens is 396 g/mol. The zero-order chi connectivity index (χ0) is 20.4. The van der Waals surface area contributed by atoms with Crippen LogP contribution in [0.15, 0.2) is 82.6 Å². The number of thioether (sulfide) groups is 2. The zero-order valence-electron chi connectivity index (χ0n) is 16.3. The lowest BCUT2D eigenvalue weighted by Gasteiger charge is -2.11. The summed E-state index contributed by atoms with van der Waals surface area (Å²) < 4.78 is 0. The van der Waals surface area contributed by atoms with Crippen molar-refractivity contribution >= 4 is 56.6 Å². The number of hydrogen-bond donors (Lipinski definition) is 0. The summed E-state index contributed by atoms with van der Waals surface area (Å²) in [6, 6.07) is 23.4. The van der Waals surface area contributed by atoms with E-state index in [2.05, 4.69) is 0 Å². The Morgan fingerprint density at radius 2 is 0.966 bits per heavy atom. The van der Waals surface area contributed by atoms with Gasteiger partial charge in [-0.25, -0.2) is 0 Å². The highest BCUT2D eigenvalue weighted by atomic mass is 32.2. The van der Waals surface area contributed by atoms with Gasteiger partial charge in [-0.05, 0) is 58.3 Å². The fraction of sp³-hybridized carbons (Fsp3) is 0.120. The molecule has 4 aromatic rings. The Morgan fingerprint density at radius 1 is 0.586 bits per heavy atom. The maximum atomic E-state index is 13.1. The Balaban J connectivity index is 1.71. The summed E-state index contributed by atoms with van der Waals surface area (Å²) in [5.74, 6) is -0.284. The smallest absolute Gasteiger partial charge is 0.171 e. The molecule has 0 aliphatic rings. The normalized spacial score (nSPS) is 11.1. The molecule has 0 fully saturated rings. The zero-order valence-corrected chi connectivity index (χ0v) is 17.9. The van der Waals surface area contributed by atoms with Crippen LogP contribution in [0.1, 0.15) is 27.1 Å². The summed E-state index contributed by atoms with van der Waals surface area (Å²) in [5, 5.41) is 3.90. The average Bonchev–Trinajstić information content (AvgIpc) is 2.77. The molecule has 0 radical (unpaired) electrons. The maximum absolute atomic E-state index is 13.1. The van der Waals surface area contributed by atoms with Crippen LogP contribution in [0.4, 0.5) is 0 Å². The molecule has 0 aromatic heterocycles. The molecule has 0 aliphatic carbocycles. The quantitative estimate of drug-likeness (QED) is 0.195. The molecule has 0 heterocycles. The molecule has 2 nitrogen and oxygen atoms in total. The number of rotatable bonds is 6. The minimum Gasteiger partial charge on any atom is -0.294 e. The average molecular weight is 417 g/mol. The van der Waals surface area contributed by atoms with E-state index in [0.29, 0.717) is 11.1 Å². The van der Waals surface area contributed by atoms with Crippen molar-refractivity contribution < 1.29 is 9.59 Å². The van der Waals surface area contributed by atoms with Crippen LogP contribution in [0.3, 0.4) is 0 Å². The van der Waals surface area contributed by atoms with E-state index in [0.717, 1.165) is 31.3 Å². The highest BCUT2D eigenvalue weighted by Crippen LogP contribution is 2.31. The topological polar surface area (TPSA) is 34.1 Å². The van der Waals surface area contributed by atoms with Crippen LogP contribution in [0, 0.1) is 0 Å². The van der Waals surface area contributed by atoms with E-state index in [1.807, 2.05) is 85.3 Å². The van der Waals surface area contributed by atoms with E-state index >= 15 is 0 Å². The number of carbonyl (C=O) groups is 2. The Morgan fingerprint density at radius 3 is 1.34 bits per heavy atom. The molecule has 0 amide bonds. The predicted molar refractivity (Wildman–Crippen MR) is 125 cm³/mol.